The second-order valence-electron chi connectivity index (χ2n) is 4.80. The molecule has 0 fully saturated rings. The van der Waals surface area contributed by atoms with Crippen molar-refractivity contribution in [1.82, 2.24) is 0 Å². The van der Waals surface area contributed by atoms with E-state index in [-0.39, 0.29) is 0 Å². The molecule has 0 bridgehead atoms. The Morgan fingerprint density at radius 3 is 2.35 bits per heavy atom. The third-order valence-electron chi connectivity index (χ3n) is 3.62. The van der Waals surface area contributed by atoms with E-state index < -0.39 is 0 Å². The first-order chi connectivity index (χ1) is 8.15. The summed E-state index contributed by atoms with van der Waals surface area (Å²) in [6.07, 6.45) is 1.19. The van der Waals surface area contributed by atoms with Crippen molar-refractivity contribution in [2.45, 2.75) is 32.0 Å². The molecule has 0 nitrogen and oxygen atoms in total. The van der Waals surface area contributed by atoms with Gasteiger partial charge in [0.2, 0.25) is 0 Å². The van der Waals surface area contributed by atoms with E-state index in [0.29, 0.717) is 10.7 Å². The molecule has 0 spiro atoms. The third kappa shape index (κ3) is 2.40. The van der Waals surface area contributed by atoms with Crippen LogP contribution in [0.25, 0.3) is 10.8 Å². The fraction of sp³-hybridized carbons (Fsp3) is 0.375. The molecule has 0 aliphatic rings. The topological polar surface area (TPSA) is 0 Å². The molecule has 90 valence electrons. The fourth-order valence-electron chi connectivity index (χ4n) is 2.23. The molecule has 0 N–H and O–H groups in total. The van der Waals surface area contributed by atoms with Crippen LogP contribution in [0.4, 0.5) is 0 Å². The summed E-state index contributed by atoms with van der Waals surface area (Å²) in [4.78, 5) is 0.443. The lowest BCUT2D eigenvalue weighted by atomic mass is 9.93. The quantitative estimate of drug-likeness (QED) is 0.643. The van der Waals surface area contributed by atoms with Gasteiger partial charge in [0.05, 0.1) is 0 Å². The lowest BCUT2D eigenvalue weighted by Gasteiger charge is -2.19. The maximum Gasteiger partial charge on any atom is 0.0426 e. The van der Waals surface area contributed by atoms with Gasteiger partial charge < -0.3 is 0 Å². The van der Waals surface area contributed by atoms with Crippen LogP contribution in [-0.2, 0) is 0 Å². The summed E-state index contributed by atoms with van der Waals surface area (Å²) in [6.45, 7) is 6.72. The zero-order valence-corrected chi connectivity index (χ0v) is 12.3. The molecular formula is C16H19Br. The Morgan fingerprint density at radius 1 is 1.06 bits per heavy atom. The van der Waals surface area contributed by atoms with Gasteiger partial charge >= 0.3 is 0 Å². The molecule has 1 heteroatoms. The Morgan fingerprint density at radius 2 is 1.71 bits per heavy atom. The summed E-state index contributed by atoms with van der Waals surface area (Å²) in [5, 5.41) is 2.76. The Bertz CT molecular complexity index is 516. The Balaban J connectivity index is 2.59. The number of hydrogen-bond donors (Lipinski definition) is 0. The largest absolute Gasteiger partial charge is 0.0836 e. The van der Waals surface area contributed by atoms with Gasteiger partial charge in [0.25, 0.3) is 0 Å². The first kappa shape index (κ1) is 12.6. The summed E-state index contributed by atoms with van der Waals surface area (Å²) in [5.41, 5.74) is 2.77. The summed E-state index contributed by atoms with van der Waals surface area (Å²) in [5.74, 6) is 0.654. The van der Waals surface area contributed by atoms with E-state index in [1.54, 1.807) is 0 Å². The first-order valence-electron chi connectivity index (χ1n) is 6.27. The molecule has 0 amide bonds. The molecule has 17 heavy (non-hydrogen) atoms. The van der Waals surface area contributed by atoms with Crippen molar-refractivity contribution in [3.05, 3.63) is 47.5 Å². The van der Waals surface area contributed by atoms with Crippen molar-refractivity contribution in [3.8, 4) is 0 Å². The predicted molar refractivity (Wildman–Crippen MR) is 79.8 cm³/mol. The minimum Gasteiger partial charge on any atom is -0.0836 e. The monoisotopic (exact) mass is 290 g/mol. The van der Waals surface area contributed by atoms with Gasteiger partial charge in [0.15, 0.2) is 0 Å². The van der Waals surface area contributed by atoms with Gasteiger partial charge in [-0.2, -0.15) is 0 Å². The second kappa shape index (κ2) is 5.22. The number of aryl methyl sites for hydroxylation is 1. The summed E-state index contributed by atoms with van der Waals surface area (Å²) < 4.78 is 0. The molecule has 0 aliphatic carbocycles. The first-order valence-corrected chi connectivity index (χ1v) is 7.19. The van der Waals surface area contributed by atoms with E-state index in [1.165, 1.54) is 28.3 Å². The summed E-state index contributed by atoms with van der Waals surface area (Å²) >= 11 is 3.86. The van der Waals surface area contributed by atoms with Gasteiger partial charge in [-0.3, -0.25) is 0 Å². The molecule has 2 unspecified atom stereocenters. The average molecular weight is 291 g/mol. The highest BCUT2D eigenvalue weighted by molar-refractivity contribution is 9.09. The predicted octanol–water partition coefficient (Wildman–Crippen LogP) is 5.63. The third-order valence-corrected chi connectivity index (χ3v) is 5.01. The number of halogens is 1. The van der Waals surface area contributed by atoms with E-state index in [1.807, 2.05) is 0 Å². The minimum absolute atomic E-state index is 0.443. The number of fused-ring (bicyclic) bond motifs is 1. The molecule has 2 aromatic carbocycles. The average Bonchev–Trinajstić information content (AvgIpc) is 2.38. The van der Waals surface area contributed by atoms with E-state index in [0.717, 1.165) is 0 Å². The van der Waals surface area contributed by atoms with Crippen molar-refractivity contribution >= 4 is 26.7 Å². The second-order valence-corrected chi connectivity index (χ2v) is 5.79. The van der Waals surface area contributed by atoms with Gasteiger partial charge in [-0.05, 0) is 34.7 Å². The van der Waals surface area contributed by atoms with Crippen LogP contribution >= 0.6 is 15.9 Å². The van der Waals surface area contributed by atoms with Crippen LogP contribution < -0.4 is 0 Å². The van der Waals surface area contributed by atoms with Crippen LogP contribution in [0, 0.1) is 12.8 Å². The molecule has 0 saturated heterocycles. The van der Waals surface area contributed by atoms with Crippen molar-refractivity contribution in [3.63, 3.8) is 0 Å². The van der Waals surface area contributed by atoms with Crippen molar-refractivity contribution in [2.24, 2.45) is 5.92 Å². The standard InChI is InChI=1S/C16H19Br/c1-4-11(2)16(17)15-10-9-12(3)13-7-5-6-8-14(13)15/h5-11,16H,4H2,1-3H3. The van der Waals surface area contributed by atoms with E-state index in [4.69, 9.17) is 0 Å². The lowest BCUT2D eigenvalue weighted by Crippen LogP contribution is -2.03. The molecular weight excluding hydrogens is 272 g/mol. The molecule has 2 aromatic rings. The van der Waals surface area contributed by atoms with Crippen molar-refractivity contribution in [2.75, 3.05) is 0 Å². The Kier molecular flexibility index (Phi) is 3.88. The van der Waals surface area contributed by atoms with Gasteiger partial charge in [0.1, 0.15) is 0 Å². The number of rotatable bonds is 3. The van der Waals surface area contributed by atoms with Gasteiger partial charge in [-0.15, -0.1) is 0 Å². The van der Waals surface area contributed by atoms with Gasteiger partial charge in [-0.25, -0.2) is 0 Å². The number of benzene rings is 2. The van der Waals surface area contributed by atoms with Crippen LogP contribution in [-0.4, -0.2) is 0 Å². The van der Waals surface area contributed by atoms with E-state index >= 15 is 0 Å². The van der Waals surface area contributed by atoms with Crippen molar-refractivity contribution in [1.29, 1.82) is 0 Å². The molecule has 2 atom stereocenters. The molecule has 0 radical (unpaired) electrons. The van der Waals surface area contributed by atoms with Crippen LogP contribution in [0.2, 0.25) is 0 Å². The van der Waals surface area contributed by atoms with Crippen LogP contribution in [0.3, 0.4) is 0 Å². The SMILES string of the molecule is CCC(C)C(Br)c1ccc(C)c2ccccc12. The fourth-order valence-corrected chi connectivity index (χ4v) is 3.00. The van der Waals surface area contributed by atoms with Crippen LogP contribution in [0.1, 0.15) is 36.2 Å². The van der Waals surface area contributed by atoms with Crippen LogP contribution in [0.5, 0.6) is 0 Å². The number of alkyl halides is 1. The highest BCUT2D eigenvalue weighted by atomic mass is 79.9. The lowest BCUT2D eigenvalue weighted by molar-refractivity contribution is 0.557. The molecule has 0 aromatic heterocycles. The zero-order chi connectivity index (χ0) is 12.4. The zero-order valence-electron chi connectivity index (χ0n) is 10.7. The van der Waals surface area contributed by atoms with E-state index in [2.05, 4.69) is 73.1 Å². The summed E-state index contributed by atoms with van der Waals surface area (Å²) in [7, 11) is 0. The molecule has 0 saturated carbocycles. The summed E-state index contributed by atoms with van der Waals surface area (Å²) in [6, 6.07) is 13.2. The Labute approximate surface area is 112 Å². The van der Waals surface area contributed by atoms with Gasteiger partial charge in [-0.1, -0.05) is 72.6 Å². The van der Waals surface area contributed by atoms with Gasteiger partial charge in [0, 0.05) is 4.83 Å². The maximum atomic E-state index is 3.86. The number of hydrogen-bond acceptors (Lipinski definition) is 0. The van der Waals surface area contributed by atoms with Crippen molar-refractivity contribution < 1.29 is 0 Å². The minimum atomic E-state index is 0.443. The van der Waals surface area contributed by atoms with Crippen LogP contribution in [0.15, 0.2) is 36.4 Å². The maximum absolute atomic E-state index is 3.86. The molecule has 2 rings (SSSR count). The highest BCUT2D eigenvalue weighted by Crippen LogP contribution is 2.37. The Hall–Kier alpha value is -0.820. The smallest absolute Gasteiger partial charge is 0.0426 e. The molecule has 0 heterocycles. The normalized spacial score (nSPS) is 14.8. The van der Waals surface area contributed by atoms with E-state index in [9.17, 15) is 0 Å². The molecule has 0 aliphatic heterocycles. The highest BCUT2D eigenvalue weighted by Gasteiger charge is 2.17.